The number of aromatic nitrogens is 1. The monoisotopic (exact) mass is 276 g/mol. The first kappa shape index (κ1) is 12.1. The van der Waals surface area contributed by atoms with E-state index in [1.807, 2.05) is 24.3 Å². The Bertz CT molecular complexity index is 774. The molecule has 0 fully saturated rings. The van der Waals surface area contributed by atoms with Gasteiger partial charge in [-0.1, -0.05) is 18.2 Å². The van der Waals surface area contributed by atoms with E-state index >= 15 is 0 Å². The van der Waals surface area contributed by atoms with Crippen molar-refractivity contribution in [3.05, 3.63) is 78.1 Å². The zero-order chi connectivity index (χ0) is 14.2. The molecule has 2 aromatic carbocycles. The van der Waals surface area contributed by atoms with Gasteiger partial charge in [0, 0.05) is 23.1 Å². The topological polar surface area (TPSA) is 26.2 Å². The predicted molar refractivity (Wildman–Crippen MR) is 84.2 cm³/mol. The number of nitrogens with zero attached hydrogens (tertiary/aromatic N) is 1. The number of anilines is 1. The second kappa shape index (κ2) is 4.70. The lowest BCUT2D eigenvalue weighted by Crippen LogP contribution is -2.09. The normalized spacial score (nSPS) is 15.4. The summed E-state index contributed by atoms with van der Waals surface area (Å²) in [5.74, 6) is 0.871. The highest BCUT2D eigenvalue weighted by Crippen LogP contribution is 2.38. The quantitative estimate of drug-likeness (QED) is 0.782. The Kier molecular flexibility index (Phi) is 2.71. The van der Waals surface area contributed by atoms with Gasteiger partial charge in [0.2, 0.25) is 0 Å². The van der Waals surface area contributed by atoms with Crippen molar-refractivity contribution < 1.29 is 4.74 Å². The molecule has 3 heteroatoms. The maximum atomic E-state index is 5.21. The van der Waals surface area contributed by atoms with Crippen LogP contribution in [0.25, 0.3) is 5.69 Å². The summed E-state index contributed by atoms with van der Waals surface area (Å²) in [6.07, 6.45) is 2.11. The molecular formula is C18H16N2O. The summed E-state index contributed by atoms with van der Waals surface area (Å²) in [4.78, 5) is 0. The van der Waals surface area contributed by atoms with E-state index in [1.54, 1.807) is 7.11 Å². The zero-order valence-electron chi connectivity index (χ0n) is 11.8. The Morgan fingerprint density at radius 1 is 0.952 bits per heavy atom. The fourth-order valence-corrected chi connectivity index (χ4v) is 2.96. The number of benzene rings is 2. The minimum absolute atomic E-state index is 0.185. The van der Waals surface area contributed by atoms with Crippen LogP contribution in [-0.4, -0.2) is 11.7 Å². The first-order chi connectivity index (χ1) is 10.4. The van der Waals surface area contributed by atoms with Gasteiger partial charge in [-0.25, -0.2) is 0 Å². The van der Waals surface area contributed by atoms with Gasteiger partial charge in [-0.2, -0.15) is 0 Å². The molecular weight excluding hydrogens is 260 g/mol. The third-order valence-electron chi connectivity index (χ3n) is 3.98. The molecule has 0 aliphatic carbocycles. The Hall–Kier alpha value is -2.68. The first-order valence-electron chi connectivity index (χ1n) is 7.04. The van der Waals surface area contributed by atoms with E-state index in [2.05, 4.69) is 52.5 Å². The number of para-hydroxylation sites is 1. The van der Waals surface area contributed by atoms with Crippen molar-refractivity contribution in [3.63, 3.8) is 0 Å². The lowest BCUT2D eigenvalue weighted by molar-refractivity contribution is 0.415. The summed E-state index contributed by atoms with van der Waals surface area (Å²) < 4.78 is 7.45. The number of fused-ring (bicyclic) bond motifs is 3. The van der Waals surface area contributed by atoms with Gasteiger partial charge in [-0.3, -0.25) is 0 Å². The van der Waals surface area contributed by atoms with Gasteiger partial charge >= 0.3 is 0 Å². The molecule has 104 valence electrons. The lowest BCUT2D eigenvalue weighted by atomic mass is 10.1. The Morgan fingerprint density at radius 3 is 2.57 bits per heavy atom. The van der Waals surface area contributed by atoms with E-state index in [9.17, 15) is 0 Å². The van der Waals surface area contributed by atoms with Crippen LogP contribution in [0.4, 0.5) is 5.69 Å². The van der Waals surface area contributed by atoms with Crippen LogP contribution in [0, 0.1) is 0 Å². The third-order valence-corrected chi connectivity index (χ3v) is 3.98. The van der Waals surface area contributed by atoms with Crippen molar-refractivity contribution in [1.82, 2.24) is 4.57 Å². The van der Waals surface area contributed by atoms with E-state index in [4.69, 9.17) is 4.74 Å². The molecule has 21 heavy (non-hydrogen) atoms. The molecule has 1 aliphatic rings. The van der Waals surface area contributed by atoms with E-state index in [0.29, 0.717) is 0 Å². The molecule has 0 spiro atoms. The number of rotatable bonds is 3. The summed E-state index contributed by atoms with van der Waals surface area (Å²) >= 11 is 0. The van der Waals surface area contributed by atoms with Crippen molar-refractivity contribution >= 4 is 5.69 Å². The standard InChI is InChI=1S/C18H16N2O/c1-21-14-10-8-13(9-11-14)19-18-15-5-2-3-6-16(15)20-12-4-7-17(18)20/h2-12,18-19H,1H3. The SMILES string of the molecule is COc1ccc(NC2c3ccccc3-n3cccc32)cc1. The van der Waals surface area contributed by atoms with Crippen LogP contribution >= 0.6 is 0 Å². The predicted octanol–water partition coefficient (Wildman–Crippen LogP) is 4.00. The molecule has 4 rings (SSSR count). The zero-order valence-corrected chi connectivity index (χ0v) is 11.8. The van der Waals surface area contributed by atoms with Crippen LogP contribution in [-0.2, 0) is 0 Å². The van der Waals surface area contributed by atoms with Crippen LogP contribution in [0.5, 0.6) is 5.75 Å². The van der Waals surface area contributed by atoms with E-state index in [-0.39, 0.29) is 6.04 Å². The smallest absolute Gasteiger partial charge is 0.119 e. The van der Waals surface area contributed by atoms with Gasteiger partial charge in [0.05, 0.1) is 18.8 Å². The van der Waals surface area contributed by atoms with Crippen molar-refractivity contribution in [1.29, 1.82) is 0 Å². The molecule has 2 heterocycles. The van der Waals surface area contributed by atoms with Gasteiger partial charge in [0.1, 0.15) is 5.75 Å². The van der Waals surface area contributed by atoms with Crippen molar-refractivity contribution in [3.8, 4) is 11.4 Å². The molecule has 3 aromatic rings. The van der Waals surface area contributed by atoms with Crippen LogP contribution in [0.2, 0.25) is 0 Å². The van der Waals surface area contributed by atoms with Gasteiger partial charge < -0.3 is 14.6 Å². The highest BCUT2D eigenvalue weighted by molar-refractivity contribution is 5.59. The second-order valence-electron chi connectivity index (χ2n) is 5.17. The molecule has 0 radical (unpaired) electrons. The molecule has 0 bridgehead atoms. The average Bonchev–Trinajstić information content (AvgIpc) is 3.11. The molecule has 1 aliphatic heterocycles. The summed E-state index contributed by atoms with van der Waals surface area (Å²) in [5, 5.41) is 3.61. The molecule has 0 saturated heterocycles. The van der Waals surface area contributed by atoms with Crippen molar-refractivity contribution in [2.24, 2.45) is 0 Å². The third kappa shape index (κ3) is 1.89. The number of ether oxygens (including phenoxy) is 1. The van der Waals surface area contributed by atoms with Crippen LogP contribution in [0.15, 0.2) is 66.9 Å². The lowest BCUT2D eigenvalue weighted by Gasteiger charge is -2.15. The fourth-order valence-electron chi connectivity index (χ4n) is 2.96. The van der Waals surface area contributed by atoms with Gasteiger partial charge in [0.25, 0.3) is 0 Å². The maximum absolute atomic E-state index is 5.21. The fraction of sp³-hybridized carbons (Fsp3) is 0.111. The number of hydrogen-bond donors (Lipinski definition) is 1. The van der Waals surface area contributed by atoms with E-state index in [0.717, 1.165) is 11.4 Å². The number of nitrogens with one attached hydrogen (secondary N) is 1. The second-order valence-corrected chi connectivity index (χ2v) is 5.17. The van der Waals surface area contributed by atoms with Gasteiger partial charge in [-0.15, -0.1) is 0 Å². The highest BCUT2D eigenvalue weighted by atomic mass is 16.5. The molecule has 1 N–H and O–H groups in total. The molecule has 3 nitrogen and oxygen atoms in total. The maximum Gasteiger partial charge on any atom is 0.119 e. The van der Waals surface area contributed by atoms with Crippen LogP contribution in [0.1, 0.15) is 17.3 Å². The minimum Gasteiger partial charge on any atom is -0.497 e. The van der Waals surface area contributed by atoms with Crippen LogP contribution in [0.3, 0.4) is 0 Å². The number of hydrogen-bond acceptors (Lipinski definition) is 2. The van der Waals surface area contributed by atoms with Crippen molar-refractivity contribution in [2.45, 2.75) is 6.04 Å². The van der Waals surface area contributed by atoms with E-state index < -0.39 is 0 Å². The first-order valence-corrected chi connectivity index (χ1v) is 7.04. The summed E-state index contributed by atoms with van der Waals surface area (Å²) in [7, 11) is 1.68. The largest absolute Gasteiger partial charge is 0.497 e. The molecule has 1 aromatic heterocycles. The summed E-state index contributed by atoms with van der Waals surface area (Å²) in [6, 6.07) is 21.0. The molecule has 0 saturated carbocycles. The summed E-state index contributed by atoms with van der Waals surface area (Å²) in [5.41, 5.74) is 4.92. The highest BCUT2D eigenvalue weighted by Gasteiger charge is 2.27. The summed E-state index contributed by atoms with van der Waals surface area (Å²) in [6.45, 7) is 0. The molecule has 1 unspecified atom stereocenters. The Morgan fingerprint density at radius 2 is 1.76 bits per heavy atom. The van der Waals surface area contributed by atoms with Gasteiger partial charge in [-0.05, 0) is 42.5 Å². The minimum atomic E-state index is 0.185. The van der Waals surface area contributed by atoms with Crippen molar-refractivity contribution in [2.75, 3.05) is 12.4 Å². The molecule has 0 amide bonds. The average molecular weight is 276 g/mol. The molecule has 1 atom stereocenters. The van der Waals surface area contributed by atoms with Gasteiger partial charge in [0.15, 0.2) is 0 Å². The number of methoxy groups -OCH3 is 1. The Labute approximate surface area is 123 Å². The Balaban J connectivity index is 1.72. The van der Waals surface area contributed by atoms with Crippen LogP contribution < -0.4 is 10.1 Å². The van der Waals surface area contributed by atoms with E-state index in [1.165, 1.54) is 16.9 Å².